The smallest absolute Gasteiger partial charge is 0.299 e. The van der Waals surface area contributed by atoms with Crippen LogP contribution in [0, 0.1) is 0 Å². The summed E-state index contributed by atoms with van der Waals surface area (Å²) in [5.74, 6) is 0.326. The van der Waals surface area contributed by atoms with Crippen LogP contribution < -0.4 is 4.31 Å². The lowest BCUT2D eigenvalue weighted by Gasteiger charge is -2.16. The van der Waals surface area contributed by atoms with Crippen molar-refractivity contribution < 1.29 is 8.42 Å². The highest BCUT2D eigenvalue weighted by Crippen LogP contribution is 2.28. The highest BCUT2D eigenvalue weighted by molar-refractivity contribution is 7.92. The van der Waals surface area contributed by atoms with Gasteiger partial charge >= 0.3 is 0 Å². The molecule has 0 aliphatic rings. The topological polar surface area (TPSA) is 94.7 Å². The molecule has 1 aromatic carbocycles. The number of H-pyrrole nitrogens is 2. The van der Waals surface area contributed by atoms with Crippen LogP contribution in [0.3, 0.4) is 0 Å². The van der Waals surface area contributed by atoms with E-state index in [0.717, 1.165) is 15.6 Å². The van der Waals surface area contributed by atoms with Crippen molar-refractivity contribution in [1.29, 1.82) is 0 Å². The second-order valence-corrected chi connectivity index (χ2v) is 7.37. The van der Waals surface area contributed by atoms with E-state index in [-0.39, 0.29) is 5.16 Å². The molecule has 3 aromatic heterocycles. The second-order valence-electron chi connectivity index (χ2n) is 5.49. The van der Waals surface area contributed by atoms with E-state index >= 15 is 0 Å². The number of sulfonamides is 1. The molecular formula is C17H15N5O2S. The van der Waals surface area contributed by atoms with Crippen LogP contribution in [0.5, 0.6) is 0 Å². The molecule has 0 unspecified atom stereocenters. The van der Waals surface area contributed by atoms with Crippen LogP contribution in [0.25, 0.3) is 22.3 Å². The van der Waals surface area contributed by atoms with E-state index in [1.54, 1.807) is 30.5 Å². The van der Waals surface area contributed by atoms with Crippen molar-refractivity contribution in [2.45, 2.75) is 5.16 Å². The summed E-state index contributed by atoms with van der Waals surface area (Å²) in [4.78, 5) is 14.5. The first kappa shape index (κ1) is 15.4. The molecule has 0 aliphatic carbocycles. The summed E-state index contributed by atoms with van der Waals surface area (Å²) >= 11 is 0. The number of anilines is 1. The number of hydrogen-bond acceptors (Lipinski definition) is 4. The van der Waals surface area contributed by atoms with E-state index in [0.29, 0.717) is 16.9 Å². The number of nitrogens with one attached hydrogen (secondary N) is 2. The Bertz CT molecular complexity index is 1120. The van der Waals surface area contributed by atoms with Gasteiger partial charge < -0.3 is 9.97 Å². The van der Waals surface area contributed by atoms with Crippen LogP contribution in [-0.2, 0) is 10.0 Å². The van der Waals surface area contributed by atoms with Gasteiger partial charge in [-0.25, -0.2) is 9.97 Å². The molecule has 7 nitrogen and oxygen atoms in total. The van der Waals surface area contributed by atoms with Crippen molar-refractivity contribution in [3.63, 3.8) is 0 Å². The maximum atomic E-state index is 12.9. The molecule has 0 radical (unpaired) electrons. The van der Waals surface area contributed by atoms with Crippen molar-refractivity contribution in [3.05, 3.63) is 60.9 Å². The maximum absolute atomic E-state index is 12.9. The fourth-order valence-corrected chi connectivity index (χ4v) is 3.70. The molecule has 126 valence electrons. The van der Waals surface area contributed by atoms with Crippen molar-refractivity contribution >= 4 is 26.9 Å². The van der Waals surface area contributed by atoms with Gasteiger partial charge in [-0.1, -0.05) is 18.2 Å². The monoisotopic (exact) mass is 353 g/mol. The minimum Gasteiger partial charge on any atom is -0.361 e. The van der Waals surface area contributed by atoms with Crippen molar-refractivity contribution in [3.8, 4) is 11.3 Å². The van der Waals surface area contributed by atoms with E-state index in [9.17, 15) is 8.42 Å². The molecule has 4 aromatic rings. The summed E-state index contributed by atoms with van der Waals surface area (Å²) in [6.07, 6.45) is 3.36. The Morgan fingerprint density at radius 2 is 1.92 bits per heavy atom. The third-order valence-electron chi connectivity index (χ3n) is 3.96. The number of aromatic amines is 2. The van der Waals surface area contributed by atoms with E-state index in [1.807, 2.05) is 30.5 Å². The second kappa shape index (κ2) is 5.75. The van der Waals surface area contributed by atoms with E-state index < -0.39 is 10.0 Å². The SMILES string of the molecule is CN(c1ccccn1)S(=O)(=O)c1nc2c(-c3ccc[nH]3)cccc2[nH]1. The zero-order chi connectivity index (χ0) is 17.4. The molecule has 0 atom stereocenters. The Balaban J connectivity index is 1.83. The first-order chi connectivity index (χ1) is 12.1. The summed E-state index contributed by atoms with van der Waals surface area (Å²) in [6.45, 7) is 0. The van der Waals surface area contributed by atoms with Crippen LogP contribution in [0.1, 0.15) is 0 Å². The minimum absolute atomic E-state index is 0.116. The lowest BCUT2D eigenvalue weighted by molar-refractivity contribution is 0.587. The molecule has 25 heavy (non-hydrogen) atoms. The van der Waals surface area contributed by atoms with Crippen molar-refractivity contribution in [2.24, 2.45) is 0 Å². The molecule has 3 heterocycles. The summed E-state index contributed by atoms with van der Waals surface area (Å²) < 4.78 is 26.9. The number of nitrogens with zero attached hydrogens (tertiary/aromatic N) is 3. The molecule has 4 rings (SSSR count). The predicted molar refractivity (Wildman–Crippen MR) is 95.7 cm³/mol. The summed E-state index contributed by atoms with van der Waals surface area (Å²) in [7, 11) is -2.39. The summed E-state index contributed by atoms with van der Waals surface area (Å²) in [5, 5.41) is -0.116. The zero-order valence-electron chi connectivity index (χ0n) is 13.3. The number of hydrogen-bond donors (Lipinski definition) is 2. The molecule has 0 fully saturated rings. The number of benzene rings is 1. The molecule has 0 saturated heterocycles. The average Bonchev–Trinajstić information content (AvgIpc) is 3.31. The maximum Gasteiger partial charge on any atom is 0.299 e. The zero-order valence-corrected chi connectivity index (χ0v) is 14.2. The number of imidazole rings is 1. The van der Waals surface area contributed by atoms with Crippen LogP contribution in [0.15, 0.2) is 66.1 Å². The molecule has 0 saturated carbocycles. The number of fused-ring (bicyclic) bond motifs is 1. The van der Waals surface area contributed by atoms with Gasteiger partial charge in [0.1, 0.15) is 5.82 Å². The van der Waals surface area contributed by atoms with Crippen LogP contribution >= 0.6 is 0 Å². The van der Waals surface area contributed by atoms with Gasteiger partial charge in [0.05, 0.1) is 11.0 Å². The predicted octanol–water partition coefficient (Wildman–Crippen LogP) is 2.78. The Hall–Kier alpha value is -3.13. The lowest BCUT2D eigenvalue weighted by Crippen LogP contribution is -2.28. The standard InChI is InChI=1S/C17H15N5O2S/c1-22(15-9-2-3-10-19-15)25(23,24)17-20-14-7-4-6-12(16(14)21-17)13-8-5-11-18-13/h2-11,18H,1H3,(H,20,21). The van der Waals surface area contributed by atoms with Gasteiger partial charge in [-0.2, -0.15) is 8.42 Å². The van der Waals surface area contributed by atoms with Gasteiger partial charge in [-0.3, -0.25) is 4.31 Å². The number of rotatable bonds is 4. The molecule has 0 amide bonds. The molecule has 8 heteroatoms. The molecule has 0 spiro atoms. The lowest BCUT2D eigenvalue weighted by atomic mass is 10.1. The van der Waals surface area contributed by atoms with E-state index in [1.165, 1.54) is 7.05 Å². The van der Waals surface area contributed by atoms with Gasteiger partial charge in [0.15, 0.2) is 0 Å². The Labute approximate surface area is 144 Å². The van der Waals surface area contributed by atoms with Crippen LogP contribution in [0.4, 0.5) is 5.82 Å². The number of pyridine rings is 1. The van der Waals surface area contributed by atoms with E-state index in [4.69, 9.17) is 0 Å². The van der Waals surface area contributed by atoms with Crippen LogP contribution in [-0.4, -0.2) is 35.4 Å². The summed E-state index contributed by atoms with van der Waals surface area (Å²) in [5.41, 5.74) is 2.96. The van der Waals surface area contributed by atoms with Gasteiger partial charge in [-0.15, -0.1) is 0 Å². The van der Waals surface area contributed by atoms with Gasteiger partial charge in [0, 0.05) is 30.7 Å². The Morgan fingerprint density at radius 1 is 1.04 bits per heavy atom. The molecule has 0 bridgehead atoms. The van der Waals surface area contributed by atoms with Crippen molar-refractivity contribution in [1.82, 2.24) is 19.9 Å². The Morgan fingerprint density at radius 3 is 2.64 bits per heavy atom. The fraction of sp³-hybridized carbons (Fsp3) is 0.0588. The molecule has 0 aliphatic heterocycles. The average molecular weight is 353 g/mol. The number of aromatic nitrogens is 4. The van der Waals surface area contributed by atoms with Crippen molar-refractivity contribution in [2.75, 3.05) is 11.4 Å². The molecule has 2 N–H and O–H groups in total. The van der Waals surface area contributed by atoms with Crippen LogP contribution in [0.2, 0.25) is 0 Å². The summed E-state index contributed by atoms with van der Waals surface area (Å²) in [6, 6.07) is 14.4. The first-order valence-electron chi connectivity index (χ1n) is 7.60. The first-order valence-corrected chi connectivity index (χ1v) is 9.04. The quantitative estimate of drug-likeness (QED) is 0.590. The van der Waals surface area contributed by atoms with Gasteiger partial charge in [0.25, 0.3) is 10.0 Å². The minimum atomic E-state index is -3.85. The van der Waals surface area contributed by atoms with E-state index in [2.05, 4.69) is 19.9 Å². The molecular weight excluding hydrogens is 338 g/mol. The Kier molecular flexibility index (Phi) is 3.54. The largest absolute Gasteiger partial charge is 0.361 e. The van der Waals surface area contributed by atoms with Gasteiger partial charge in [0.2, 0.25) is 5.16 Å². The van der Waals surface area contributed by atoms with Gasteiger partial charge in [-0.05, 0) is 30.3 Å². The fourth-order valence-electron chi connectivity index (χ4n) is 2.64. The normalized spacial score (nSPS) is 11.7. The highest BCUT2D eigenvalue weighted by atomic mass is 32.2. The highest BCUT2D eigenvalue weighted by Gasteiger charge is 2.26. The number of para-hydroxylation sites is 1. The third kappa shape index (κ3) is 2.56. The third-order valence-corrected chi connectivity index (χ3v) is 5.55.